The van der Waals surface area contributed by atoms with Gasteiger partial charge in [-0.3, -0.25) is 0 Å². The molecule has 2 heteroatoms. The van der Waals surface area contributed by atoms with Gasteiger partial charge in [-0.2, -0.15) is 0 Å². The molecule has 5 aliphatic carbocycles. The van der Waals surface area contributed by atoms with E-state index in [-0.39, 0.29) is 16.9 Å². The maximum Gasteiger partial charge on any atom is 0.0625 e. The summed E-state index contributed by atoms with van der Waals surface area (Å²) < 4.78 is 6.04. The summed E-state index contributed by atoms with van der Waals surface area (Å²) in [6, 6.07) is 0. The van der Waals surface area contributed by atoms with Crippen molar-refractivity contribution in [1.29, 1.82) is 0 Å². The summed E-state index contributed by atoms with van der Waals surface area (Å²) in [4.78, 5) is 0. The highest BCUT2D eigenvalue weighted by Gasteiger charge is 2.62. The molecule has 0 aromatic heterocycles. The van der Waals surface area contributed by atoms with Gasteiger partial charge in [0.15, 0.2) is 0 Å². The Bertz CT molecular complexity index is 823. The number of aliphatic hydroxyl groups excluding tert-OH is 1. The minimum atomic E-state index is -0.138. The Morgan fingerprint density at radius 3 is 2.12 bits per heavy atom. The lowest BCUT2D eigenvalue weighted by Gasteiger charge is -2.64. The second kappa shape index (κ2) is 7.58. The number of fused-ring (bicyclic) bond motifs is 5. The lowest BCUT2D eigenvalue weighted by molar-refractivity contribution is -0.178. The summed E-state index contributed by atoms with van der Waals surface area (Å²) in [6.07, 6.45) is 14.3. The quantitative estimate of drug-likeness (QED) is 0.406. The van der Waals surface area contributed by atoms with Crippen LogP contribution in [0.4, 0.5) is 0 Å². The van der Waals surface area contributed by atoms with Crippen LogP contribution in [0, 0.1) is 44.8 Å². The number of methoxy groups -OCH3 is 1. The Morgan fingerprint density at radius 2 is 1.42 bits per heavy atom. The molecule has 0 spiro atoms. The molecule has 0 amide bonds. The van der Waals surface area contributed by atoms with Gasteiger partial charge >= 0.3 is 0 Å². The zero-order valence-electron chi connectivity index (χ0n) is 23.0. The molecule has 3 fully saturated rings. The highest BCUT2D eigenvalue weighted by Crippen LogP contribution is 2.70. The number of hydrogen-bond donors (Lipinski definition) is 1. The molecule has 1 N–H and O–H groups in total. The molecular formula is C31H52O2. The maximum atomic E-state index is 10.9. The number of aliphatic hydroxyl groups is 1. The van der Waals surface area contributed by atoms with Crippen LogP contribution in [0.1, 0.15) is 119 Å². The molecule has 0 radical (unpaired) electrons. The van der Waals surface area contributed by atoms with Crippen molar-refractivity contribution in [3.63, 3.8) is 0 Å². The van der Waals surface area contributed by atoms with Gasteiger partial charge in [-0.05, 0) is 115 Å². The average molecular weight is 457 g/mol. The van der Waals surface area contributed by atoms with Gasteiger partial charge in [0.05, 0.1) is 12.2 Å². The molecule has 0 aliphatic heterocycles. The van der Waals surface area contributed by atoms with Crippen molar-refractivity contribution < 1.29 is 9.84 Å². The Morgan fingerprint density at radius 1 is 0.727 bits per heavy atom. The van der Waals surface area contributed by atoms with Crippen LogP contribution in [0.5, 0.6) is 0 Å². The van der Waals surface area contributed by atoms with Gasteiger partial charge in [0.1, 0.15) is 0 Å². The van der Waals surface area contributed by atoms with Crippen molar-refractivity contribution in [3.8, 4) is 0 Å². The van der Waals surface area contributed by atoms with Gasteiger partial charge in [0.2, 0.25) is 0 Å². The molecule has 8 unspecified atom stereocenters. The Hall–Kier alpha value is -0.340. The van der Waals surface area contributed by atoms with Gasteiger partial charge in [-0.15, -0.1) is 0 Å². The van der Waals surface area contributed by atoms with E-state index in [9.17, 15) is 5.11 Å². The molecule has 0 aromatic carbocycles. The van der Waals surface area contributed by atoms with Gasteiger partial charge in [0.25, 0.3) is 0 Å². The van der Waals surface area contributed by atoms with Crippen LogP contribution in [0.2, 0.25) is 0 Å². The molecule has 3 saturated carbocycles. The fourth-order valence-electron chi connectivity index (χ4n) is 11.3. The standard InChI is InChI=1S/C31H52O2/c1-27(2)22-11-9-20-19-29(5)16-13-23-28(3,4)26(33-8)15-18-31(23,7)24(29)12-10-21(20)30(22,6)17-14-25(27)32/h22-26,32H,9-19H2,1-8H3. The molecule has 8 atom stereocenters. The van der Waals surface area contributed by atoms with E-state index < -0.39 is 0 Å². The molecule has 5 rings (SSSR count). The first-order chi connectivity index (χ1) is 15.3. The van der Waals surface area contributed by atoms with Crippen LogP contribution in [-0.4, -0.2) is 24.4 Å². The van der Waals surface area contributed by atoms with Crippen LogP contribution >= 0.6 is 0 Å². The van der Waals surface area contributed by atoms with Crippen molar-refractivity contribution in [1.82, 2.24) is 0 Å². The van der Waals surface area contributed by atoms with E-state index in [1.807, 2.05) is 18.3 Å². The van der Waals surface area contributed by atoms with Crippen molar-refractivity contribution >= 4 is 0 Å². The van der Waals surface area contributed by atoms with Crippen molar-refractivity contribution in [2.75, 3.05) is 7.11 Å². The van der Waals surface area contributed by atoms with E-state index in [1.165, 1.54) is 64.2 Å². The Kier molecular flexibility index (Phi) is 5.60. The second-order valence-electron chi connectivity index (χ2n) is 15.1. The zero-order chi connectivity index (χ0) is 24.0. The van der Waals surface area contributed by atoms with Crippen molar-refractivity contribution in [3.05, 3.63) is 11.1 Å². The Labute approximate surface area is 204 Å². The SMILES string of the molecule is COC1CCC2(C)C3CCC4=C(CCC5C4(C)CCC(O)C5(C)C)CC3(C)CCC2C1(C)C. The van der Waals surface area contributed by atoms with Crippen molar-refractivity contribution in [2.24, 2.45) is 44.8 Å². The van der Waals surface area contributed by atoms with Crippen LogP contribution in [-0.2, 0) is 4.74 Å². The fraction of sp³-hybridized carbons (Fsp3) is 0.935. The average Bonchev–Trinajstić information content (AvgIpc) is 2.88. The molecule has 2 nitrogen and oxygen atoms in total. The number of ether oxygens (including phenoxy) is 1. The summed E-state index contributed by atoms with van der Waals surface area (Å²) in [5, 5.41) is 10.9. The van der Waals surface area contributed by atoms with Crippen LogP contribution in [0.15, 0.2) is 11.1 Å². The van der Waals surface area contributed by atoms with E-state index in [1.54, 1.807) is 0 Å². The van der Waals surface area contributed by atoms with Gasteiger partial charge in [-0.1, -0.05) is 59.6 Å². The Balaban J connectivity index is 1.49. The fourth-order valence-corrected chi connectivity index (χ4v) is 11.3. The van der Waals surface area contributed by atoms with E-state index >= 15 is 0 Å². The number of allylic oxidation sites excluding steroid dienone is 2. The molecule has 0 bridgehead atoms. The topological polar surface area (TPSA) is 29.5 Å². The molecule has 33 heavy (non-hydrogen) atoms. The lowest BCUT2D eigenvalue weighted by atomic mass is 9.42. The van der Waals surface area contributed by atoms with Gasteiger partial charge in [0, 0.05) is 7.11 Å². The van der Waals surface area contributed by atoms with E-state index in [0.29, 0.717) is 28.3 Å². The van der Waals surface area contributed by atoms with Crippen LogP contribution in [0.3, 0.4) is 0 Å². The largest absolute Gasteiger partial charge is 0.393 e. The normalized spacial score (nSPS) is 51.0. The molecule has 188 valence electrons. The minimum Gasteiger partial charge on any atom is -0.393 e. The first kappa shape index (κ1) is 24.4. The summed E-state index contributed by atoms with van der Waals surface area (Å²) in [5.41, 5.74) is 5.18. The smallest absolute Gasteiger partial charge is 0.0625 e. The zero-order valence-corrected chi connectivity index (χ0v) is 23.0. The van der Waals surface area contributed by atoms with Gasteiger partial charge in [-0.25, -0.2) is 0 Å². The predicted octanol–water partition coefficient (Wildman–Crippen LogP) is 7.94. The monoisotopic (exact) mass is 456 g/mol. The third-order valence-corrected chi connectivity index (χ3v) is 13.0. The van der Waals surface area contributed by atoms with Crippen LogP contribution < -0.4 is 0 Å². The predicted molar refractivity (Wildman–Crippen MR) is 137 cm³/mol. The van der Waals surface area contributed by atoms with E-state index in [4.69, 9.17) is 4.74 Å². The summed E-state index contributed by atoms with van der Waals surface area (Å²) in [7, 11) is 1.94. The van der Waals surface area contributed by atoms with E-state index in [2.05, 4.69) is 48.5 Å². The minimum absolute atomic E-state index is 0.0358. The highest BCUT2D eigenvalue weighted by molar-refractivity contribution is 5.32. The van der Waals surface area contributed by atoms with Gasteiger partial charge < -0.3 is 9.84 Å². The molecule has 0 heterocycles. The summed E-state index contributed by atoms with van der Waals surface area (Å²) >= 11 is 0. The highest BCUT2D eigenvalue weighted by atomic mass is 16.5. The number of hydrogen-bond acceptors (Lipinski definition) is 2. The first-order valence-electron chi connectivity index (χ1n) is 14.2. The second-order valence-corrected chi connectivity index (χ2v) is 15.1. The number of rotatable bonds is 1. The molecule has 5 aliphatic rings. The first-order valence-corrected chi connectivity index (χ1v) is 14.2. The summed E-state index contributed by atoms with van der Waals surface area (Å²) in [6.45, 7) is 17.7. The molecule has 0 aromatic rings. The third kappa shape index (κ3) is 3.24. The van der Waals surface area contributed by atoms with E-state index in [0.717, 1.165) is 18.3 Å². The summed E-state index contributed by atoms with van der Waals surface area (Å²) in [5.74, 6) is 2.21. The molecule has 0 saturated heterocycles. The third-order valence-electron chi connectivity index (χ3n) is 13.0. The van der Waals surface area contributed by atoms with Crippen LogP contribution in [0.25, 0.3) is 0 Å². The maximum absolute atomic E-state index is 10.9. The lowest BCUT2D eigenvalue weighted by Crippen LogP contribution is -2.58. The molecular weight excluding hydrogens is 404 g/mol. The van der Waals surface area contributed by atoms with Crippen molar-refractivity contribution in [2.45, 2.75) is 131 Å².